The van der Waals surface area contributed by atoms with E-state index in [2.05, 4.69) is 15.3 Å². The summed E-state index contributed by atoms with van der Waals surface area (Å²) in [7, 11) is 0. The molecule has 1 amide bonds. The van der Waals surface area contributed by atoms with E-state index >= 15 is 0 Å². The maximum Gasteiger partial charge on any atom is 0.220 e. The number of hydrogen-bond donors (Lipinski definition) is 1. The predicted molar refractivity (Wildman–Crippen MR) is 107 cm³/mol. The van der Waals surface area contributed by atoms with Crippen molar-refractivity contribution in [3.8, 4) is 10.6 Å². The van der Waals surface area contributed by atoms with Crippen LogP contribution in [0.15, 0.2) is 54.2 Å². The normalized spacial score (nSPS) is 10.6. The van der Waals surface area contributed by atoms with Gasteiger partial charge in [-0.05, 0) is 24.3 Å². The van der Waals surface area contributed by atoms with Crippen molar-refractivity contribution in [1.29, 1.82) is 0 Å². The van der Waals surface area contributed by atoms with Gasteiger partial charge in [0.1, 0.15) is 5.01 Å². The lowest BCUT2D eigenvalue weighted by atomic mass is 10.1. The Morgan fingerprint density at radius 3 is 2.81 bits per heavy atom. The van der Waals surface area contributed by atoms with Crippen molar-refractivity contribution < 1.29 is 9.59 Å². The lowest BCUT2D eigenvalue weighted by molar-refractivity contribution is -0.121. The summed E-state index contributed by atoms with van der Waals surface area (Å²) in [6.07, 6.45) is 4.47. The number of amides is 1. The fourth-order valence-electron chi connectivity index (χ4n) is 2.50. The summed E-state index contributed by atoms with van der Waals surface area (Å²) in [5.41, 5.74) is 2.44. The molecule has 0 bridgehead atoms. The second-order valence-electron chi connectivity index (χ2n) is 5.92. The fourth-order valence-corrected chi connectivity index (χ4v) is 3.53. The molecule has 0 aliphatic carbocycles. The SMILES string of the molecule is O=C(CCC(=O)c1cccc(Cl)c1)NCCc1csc(-c2cccnc2)n1. The predicted octanol–water partition coefficient (Wildman–Crippen LogP) is 4.18. The highest BCUT2D eigenvalue weighted by Crippen LogP contribution is 2.22. The van der Waals surface area contributed by atoms with E-state index in [1.54, 1.807) is 48.0 Å². The highest BCUT2D eigenvalue weighted by atomic mass is 35.5. The zero-order valence-corrected chi connectivity index (χ0v) is 16.1. The second-order valence-corrected chi connectivity index (χ2v) is 7.21. The molecule has 5 nitrogen and oxygen atoms in total. The lowest BCUT2D eigenvalue weighted by Crippen LogP contribution is -2.26. The molecule has 0 fully saturated rings. The van der Waals surface area contributed by atoms with Gasteiger partial charge >= 0.3 is 0 Å². The molecule has 0 spiro atoms. The molecule has 0 saturated heterocycles. The van der Waals surface area contributed by atoms with Gasteiger partial charge in [0.2, 0.25) is 5.91 Å². The molecule has 27 heavy (non-hydrogen) atoms. The maximum absolute atomic E-state index is 12.1. The zero-order chi connectivity index (χ0) is 19.1. The van der Waals surface area contributed by atoms with E-state index in [-0.39, 0.29) is 24.5 Å². The Hall–Kier alpha value is -2.57. The number of halogens is 1. The minimum absolute atomic E-state index is 0.0896. The van der Waals surface area contributed by atoms with E-state index in [9.17, 15) is 9.59 Å². The van der Waals surface area contributed by atoms with Crippen LogP contribution in [0.3, 0.4) is 0 Å². The number of carbonyl (C=O) groups is 2. The third-order valence-corrected chi connectivity index (χ3v) is 5.06. The molecule has 0 radical (unpaired) electrons. The Morgan fingerprint density at radius 2 is 2.04 bits per heavy atom. The molecule has 2 aromatic heterocycles. The van der Waals surface area contributed by atoms with Crippen LogP contribution in [-0.4, -0.2) is 28.2 Å². The van der Waals surface area contributed by atoms with Crippen LogP contribution in [0.1, 0.15) is 28.9 Å². The number of hydrogen-bond acceptors (Lipinski definition) is 5. The molecular formula is C20H18ClN3O2S. The van der Waals surface area contributed by atoms with Gasteiger partial charge < -0.3 is 5.32 Å². The molecule has 0 atom stereocenters. The number of nitrogens with zero attached hydrogens (tertiary/aromatic N) is 2. The Labute approximate surface area is 166 Å². The number of rotatable bonds is 8. The van der Waals surface area contributed by atoms with E-state index in [0.717, 1.165) is 16.3 Å². The molecule has 1 N–H and O–H groups in total. The number of nitrogens with one attached hydrogen (secondary N) is 1. The molecule has 7 heteroatoms. The second kappa shape index (κ2) is 9.39. The van der Waals surface area contributed by atoms with Crippen molar-refractivity contribution >= 4 is 34.6 Å². The van der Waals surface area contributed by atoms with Crippen molar-refractivity contribution in [1.82, 2.24) is 15.3 Å². The van der Waals surface area contributed by atoms with Gasteiger partial charge in [-0.25, -0.2) is 4.98 Å². The first kappa shape index (κ1) is 19.2. The number of carbonyl (C=O) groups excluding carboxylic acids is 2. The van der Waals surface area contributed by atoms with Gasteiger partial charge in [0, 0.05) is 59.7 Å². The lowest BCUT2D eigenvalue weighted by Gasteiger charge is -2.04. The molecule has 0 saturated carbocycles. The van der Waals surface area contributed by atoms with E-state index in [1.165, 1.54) is 0 Å². The van der Waals surface area contributed by atoms with E-state index in [1.807, 2.05) is 17.5 Å². The summed E-state index contributed by atoms with van der Waals surface area (Å²) in [6, 6.07) is 10.6. The molecule has 1 aromatic carbocycles. The van der Waals surface area contributed by atoms with Gasteiger partial charge in [0.05, 0.1) is 5.69 Å². The molecule has 3 aromatic rings. The molecule has 0 aliphatic rings. The van der Waals surface area contributed by atoms with E-state index < -0.39 is 0 Å². The Morgan fingerprint density at radius 1 is 1.15 bits per heavy atom. The van der Waals surface area contributed by atoms with Crippen molar-refractivity contribution in [2.45, 2.75) is 19.3 Å². The number of benzene rings is 1. The van der Waals surface area contributed by atoms with Crippen LogP contribution < -0.4 is 5.32 Å². The molecule has 0 unspecified atom stereocenters. The van der Waals surface area contributed by atoms with Gasteiger partial charge in [-0.3, -0.25) is 14.6 Å². The maximum atomic E-state index is 12.1. The molecule has 2 heterocycles. The Balaban J connectivity index is 1.41. The fraction of sp³-hybridized carbons (Fsp3) is 0.200. The van der Waals surface area contributed by atoms with Gasteiger partial charge in [0.25, 0.3) is 0 Å². The minimum Gasteiger partial charge on any atom is -0.356 e. The first-order chi connectivity index (χ1) is 13.1. The van der Waals surface area contributed by atoms with Gasteiger partial charge in [-0.15, -0.1) is 11.3 Å². The van der Waals surface area contributed by atoms with Crippen LogP contribution in [0.2, 0.25) is 5.02 Å². The van der Waals surface area contributed by atoms with Gasteiger partial charge in [0.15, 0.2) is 5.78 Å². The molecule has 3 rings (SSSR count). The topological polar surface area (TPSA) is 72.0 Å². The van der Waals surface area contributed by atoms with Crippen LogP contribution in [0, 0.1) is 0 Å². The summed E-state index contributed by atoms with van der Waals surface area (Å²) in [5.74, 6) is -0.235. The first-order valence-corrected chi connectivity index (χ1v) is 9.78. The highest BCUT2D eigenvalue weighted by molar-refractivity contribution is 7.13. The van der Waals surface area contributed by atoms with Crippen LogP contribution in [0.4, 0.5) is 0 Å². The van der Waals surface area contributed by atoms with Crippen molar-refractivity contribution in [2.24, 2.45) is 0 Å². The van der Waals surface area contributed by atoms with Crippen LogP contribution in [0.5, 0.6) is 0 Å². The standard InChI is InChI=1S/C20H18ClN3O2S/c21-16-5-1-3-14(11-16)18(25)6-7-19(26)23-10-8-17-13-27-20(24-17)15-4-2-9-22-12-15/h1-5,9,11-13H,6-8,10H2,(H,23,26). The number of ketones is 1. The molecule has 0 aliphatic heterocycles. The molecular weight excluding hydrogens is 382 g/mol. The van der Waals surface area contributed by atoms with Gasteiger partial charge in [-0.2, -0.15) is 0 Å². The van der Waals surface area contributed by atoms with Crippen molar-refractivity contribution in [3.63, 3.8) is 0 Å². The monoisotopic (exact) mass is 399 g/mol. The van der Waals surface area contributed by atoms with E-state index in [4.69, 9.17) is 11.6 Å². The number of thiazole rings is 1. The van der Waals surface area contributed by atoms with Crippen molar-refractivity contribution in [3.05, 3.63) is 70.5 Å². The highest BCUT2D eigenvalue weighted by Gasteiger charge is 2.10. The Kier molecular flexibility index (Phi) is 6.68. The van der Waals surface area contributed by atoms with Gasteiger partial charge in [-0.1, -0.05) is 23.7 Å². The number of aromatic nitrogens is 2. The zero-order valence-electron chi connectivity index (χ0n) is 14.5. The summed E-state index contributed by atoms with van der Waals surface area (Å²) < 4.78 is 0. The smallest absolute Gasteiger partial charge is 0.220 e. The average Bonchev–Trinajstić information content (AvgIpc) is 3.16. The van der Waals surface area contributed by atoms with Crippen LogP contribution >= 0.6 is 22.9 Å². The van der Waals surface area contributed by atoms with Crippen molar-refractivity contribution in [2.75, 3.05) is 6.54 Å². The van der Waals surface area contributed by atoms with Crippen LogP contribution in [0.25, 0.3) is 10.6 Å². The first-order valence-electron chi connectivity index (χ1n) is 8.52. The summed E-state index contributed by atoms with van der Waals surface area (Å²) in [4.78, 5) is 32.7. The number of pyridine rings is 1. The largest absolute Gasteiger partial charge is 0.356 e. The van der Waals surface area contributed by atoms with E-state index in [0.29, 0.717) is 23.6 Å². The average molecular weight is 400 g/mol. The quantitative estimate of drug-likeness (QED) is 0.577. The Bertz CT molecular complexity index is 928. The minimum atomic E-state index is -0.145. The summed E-state index contributed by atoms with van der Waals surface area (Å²) in [6.45, 7) is 0.487. The molecule has 138 valence electrons. The van der Waals surface area contributed by atoms with Crippen LogP contribution in [-0.2, 0) is 11.2 Å². The third-order valence-electron chi connectivity index (χ3n) is 3.89. The summed E-state index contributed by atoms with van der Waals surface area (Å²) >= 11 is 7.43. The third kappa shape index (κ3) is 5.70. The number of Topliss-reactive ketones (excluding diaryl/α,β-unsaturated/α-hetero) is 1. The summed E-state index contributed by atoms with van der Waals surface area (Å²) in [5, 5.41) is 6.24.